The first-order valence-electron chi connectivity index (χ1n) is 7.01. The molecule has 1 aromatic rings. The molecule has 1 rings (SSSR count). The number of hydrogen-bond donors (Lipinski definition) is 3. The summed E-state index contributed by atoms with van der Waals surface area (Å²) in [5, 5.41) is 15.6. The Hall–Kier alpha value is -1.60. The molecule has 0 saturated heterocycles. The van der Waals surface area contributed by atoms with Crippen LogP contribution in [0.25, 0.3) is 0 Å². The maximum atomic E-state index is 11.7. The van der Waals surface area contributed by atoms with Crippen molar-refractivity contribution < 1.29 is 19.4 Å². The normalized spacial score (nSPS) is 13.1. The van der Waals surface area contributed by atoms with Gasteiger partial charge < -0.3 is 20.5 Å². The third-order valence-corrected chi connectivity index (χ3v) is 3.67. The van der Waals surface area contributed by atoms with Crippen LogP contribution < -0.4 is 10.6 Å². The van der Waals surface area contributed by atoms with Crippen LogP contribution in [0, 0.1) is 0 Å². The molecule has 1 aromatic carbocycles. The van der Waals surface area contributed by atoms with Crippen LogP contribution >= 0.6 is 15.9 Å². The standard InChI is InChI=1S/C15H21BrN2O4/c1-3-22-14(20)17-9-8-13(19)18-10-15(2,21)11-6-4-5-7-12(11)16/h4-7,21H,3,8-10H2,1-2H3,(H,17,20)(H,18,19)/t15-/m1/s1. The van der Waals surface area contributed by atoms with Gasteiger partial charge in [-0.05, 0) is 25.5 Å². The summed E-state index contributed by atoms with van der Waals surface area (Å²) in [6, 6.07) is 7.29. The highest BCUT2D eigenvalue weighted by Gasteiger charge is 2.25. The summed E-state index contributed by atoms with van der Waals surface area (Å²) in [6.07, 6.45) is -0.430. The molecule has 22 heavy (non-hydrogen) atoms. The van der Waals surface area contributed by atoms with E-state index in [1.54, 1.807) is 19.9 Å². The first-order chi connectivity index (χ1) is 10.4. The highest BCUT2D eigenvalue weighted by molar-refractivity contribution is 9.10. The quantitative estimate of drug-likeness (QED) is 0.682. The molecule has 0 unspecified atom stereocenters. The largest absolute Gasteiger partial charge is 0.450 e. The monoisotopic (exact) mass is 372 g/mol. The van der Waals surface area contributed by atoms with Crippen molar-refractivity contribution in [1.29, 1.82) is 0 Å². The van der Waals surface area contributed by atoms with Crippen molar-refractivity contribution in [2.24, 2.45) is 0 Å². The Morgan fingerprint density at radius 3 is 2.64 bits per heavy atom. The second-order valence-electron chi connectivity index (χ2n) is 4.93. The predicted octanol–water partition coefficient (Wildman–Crippen LogP) is 1.91. The minimum Gasteiger partial charge on any atom is -0.450 e. The summed E-state index contributed by atoms with van der Waals surface area (Å²) in [5.41, 5.74) is -0.496. The molecule has 6 nitrogen and oxygen atoms in total. The summed E-state index contributed by atoms with van der Waals surface area (Å²) >= 11 is 3.38. The van der Waals surface area contributed by atoms with Gasteiger partial charge in [-0.1, -0.05) is 34.1 Å². The van der Waals surface area contributed by atoms with Gasteiger partial charge in [-0.2, -0.15) is 0 Å². The topological polar surface area (TPSA) is 87.7 Å². The van der Waals surface area contributed by atoms with Gasteiger partial charge >= 0.3 is 6.09 Å². The number of aliphatic hydroxyl groups is 1. The number of hydrogen-bond acceptors (Lipinski definition) is 4. The minimum absolute atomic E-state index is 0.0772. The molecule has 7 heteroatoms. The molecule has 0 spiro atoms. The Labute approximate surface area is 138 Å². The molecule has 0 aromatic heterocycles. The van der Waals surface area contributed by atoms with Gasteiger partial charge in [0.2, 0.25) is 5.91 Å². The van der Waals surface area contributed by atoms with Crippen molar-refractivity contribution in [2.75, 3.05) is 19.7 Å². The lowest BCUT2D eigenvalue weighted by Gasteiger charge is -2.25. The van der Waals surface area contributed by atoms with Crippen molar-refractivity contribution in [2.45, 2.75) is 25.9 Å². The van der Waals surface area contributed by atoms with Gasteiger partial charge in [-0.3, -0.25) is 4.79 Å². The molecule has 2 amide bonds. The van der Waals surface area contributed by atoms with E-state index in [4.69, 9.17) is 0 Å². The van der Waals surface area contributed by atoms with E-state index in [1.807, 2.05) is 18.2 Å². The number of benzene rings is 1. The molecule has 0 aliphatic heterocycles. The van der Waals surface area contributed by atoms with Crippen LogP contribution in [0.2, 0.25) is 0 Å². The SMILES string of the molecule is CCOC(=O)NCCC(=O)NC[C@@](C)(O)c1ccccc1Br. The number of carbonyl (C=O) groups excluding carboxylic acids is 2. The fraction of sp³-hybridized carbons (Fsp3) is 0.467. The van der Waals surface area contributed by atoms with Crippen molar-refractivity contribution in [3.05, 3.63) is 34.3 Å². The Kier molecular flexibility index (Phi) is 7.34. The average molecular weight is 373 g/mol. The Balaban J connectivity index is 2.40. The van der Waals surface area contributed by atoms with Crippen molar-refractivity contribution in [3.63, 3.8) is 0 Å². The van der Waals surface area contributed by atoms with Gasteiger partial charge in [-0.25, -0.2) is 4.79 Å². The molecule has 122 valence electrons. The predicted molar refractivity (Wildman–Crippen MR) is 86.4 cm³/mol. The van der Waals surface area contributed by atoms with Gasteiger partial charge in [0.05, 0.1) is 13.2 Å². The zero-order valence-electron chi connectivity index (χ0n) is 12.7. The molecular formula is C15H21BrN2O4. The number of ether oxygens (including phenoxy) is 1. The number of amides is 2. The molecule has 1 atom stereocenters. The van der Waals surface area contributed by atoms with E-state index in [-0.39, 0.29) is 32.0 Å². The lowest BCUT2D eigenvalue weighted by molar-refractivity contribution is -0.122. The molecule has 0 bridgehead atoms. The van der Waals surface area contributed by atoms with E-state index in [1.165, 1.54) is 0 Å². The van der Waals surface area contributed by atoms with E-state index in [0.717, 1.165) is 4.47 Å². The number of rotatable bonds is 7. The van der Waals surface area contributed by atoms with Crippen LogP contribution in [0.15, 0.2) is 28.7 Å². The zero-order chi connectivity index (χ0) is 16.6. The van der Waals surface area contributed by atoms with Gasteiger partial charge in [0.15, 0.2) is 0 Å². The van der Waals surface area contributed by atoms with Crippen LogP contribution in [0.4, 0.5) is 4.79 Å². The van der Waals surface area contributed by atoms with Gasteiger partial charge in [0.1, 0.15) is 5.60 Å². The van der Waals surface area contributed by atoms with Crippen molar-refractivity contribution in [1.82, 2.24) is 10.6 Å². The lowest BCUT2D eigenvalue weighted by atomic mass is 9.96. The number of carbonyl (C=O) groups is 2. The van der Waals surface area contributed by atoms with Gasteiger partial charge in [0, 0.05) is 17.4 Å². The van der Waals surface area contributed by atoms with E-state index >= 15 is 0 Å². The fourth-order valence-electron chi connectivity index (χ4n) is 1.81. The zero-order valence-corrected chi connectivity index (χ0v) is 14.3. The van der Waals surface area contributed by atoms with E-state index in [0.29, 0.717) is 5.56 Å². The lowest BCUT2D eigenvalue weighted by Crippen LogP contribution is -2.40. The van der Waals surface area contributed by atoms with Gasteiger partial charge in [-0.15, -0.1) is 0 Å². The van der Waals surface area contributed by atoms with Crippen LogP contribution in [-0.2, 0) is 15.1 Å². The first kappa shape index (κ1) is 18.4. The van der Waals surface area contributed by atoms with Crippen molar-refractivity contribution in [3.8, 4) is 0 Å². The third-order valence-electron chi connectivity index (χ3n) is 2.98. The number of alkyl carbamates (subject to hydrolysis) is 1. The highest BCUT2D eigenvalue weighted by atomic mass is 79.9. The van der Waals surface area contributed by atoms with Crippen molar-refractivity contribution >= 4 is 27.9 Å². The van der Waals surface area contributed by atoms with Gasteiger partial charge in [0.25, 0.3) is 0 Å². The Morgan fingerprint density at radius 2 is 2.00 bits per heavy atom. The molecule has 0 radical (unpaired) electrons. The first-order valence-corrected chi connectivity index (χ1v) is 7.81. The van der Waals surface area contributed by atoms with E-state index in [2.05, 4.69) is 31.3 Å². The summed E-state index contributed by atoms with van der Waals surface area (Å²) < 4.78 is 5.46. The third kappa shape index (κ3) is 6.03. The molecule has 0 aliphatic rings. The second kappa shape index (κ2) is 8.75. The highest BCUT2D eigenvalue weighted by Crippen LogP contribution is 2.27. The molecule has 0 heterocycles. The molecule has 3 N–H and O–H groups in total. The Bertz CT molecular complexity index is 520. The number of halogens is 1. The van der Waals surface area contributed by atoms with E-state index < -0.39 is 11.7 Å². The van der Waals surface area contributed by atoms with Crippen LogP contribution in [0.1, 0.15) is 25.8 Å². The van der Waals surface area contributed by atoms with Crippen LogP contribution in [0.5, 0.6) is 0 Å². The summed E-state index contributed by atoms with van der Waals surface area (Å²) in [7, 11) is 0. The maximum Gasteiger partial charge on any atom is 0.407 e. The molecule has 0 aliphatic carbocycles. The minimum atomic E-state index is -1.19. The molecule has 0 fully saturated rings. The van der Waals surface area contributed by atoms with E-state index in [9.17, 15) is 14.7 Å². The fourth-order valence-corrected chi connectivity index (χ4v) is 2.52. The van der Waals surface area contributed by atoms with Crippen LogP contribution in [0.3, 0.4) is 0 Å². The maximum absolute atomic E-state index is 11.7. The number of nitrogens with one attached hydrogen (secondary N) is 2. The molecule has 0 saturated carbocycles. The summed E-state index contributed by atoms with van der Waals surface area (Å²) in [5.74, 6) is -0.260. The summed E-state index contributed by atoms with van der Waals surface area (Å²) in [6.45, 7) is 3.88. The smallest absolute Gasteiger partial charge is 0.407 e. The second-order valence-corrected chi connectivity index (χ2v) is 5.78. The summed E-state index contributed by atoms with van der Waals surface area (Å²) in [4.78, 5) is 22.8. The Morgan fingerprint density at radius 1 is 1.32 bits per heavy atom. The molecular weight excluding hydrogens is 352 g/mol. The van der Waals surface area contributed by atoms with Crippen LogP contribution in [-0.4, -0.2) is 36.8 Å². The average Bonchev–Trinajstić information content (AvgIpc) is 2.46.